The lowest BCUT2D eigenvalue weighted by Crippen LogP contribution is -1.94. The van der Waals surface area contributed by atoms with E-state index in [2.05, 4.69) is 20.0 Å². The van der Waals surface area contributed by atoms with Crippen LogP contribution in [0.3, 0.4) is 0 Å². The van der Waals surface area contributed by atoms with Crippen LogP contribution in [0.2, 0.25) is 0 Å². The summed E-state index contributed by atoms with van der Waals surface area (Å²) < 4.78 is 0. The number of hydrogen-bond donors (Lipinski definition) is 1. The molecule has 0 spiro atoms. The van der Waals surface area contributed by atoms with Crippen LogP contribution in [-0.2, 0) is 0 Å². The summed E-state index contributed by atoms with van der Waals surface area (Å²) >= 11 is 0. The lowest BCUT2D eigenvalue weighted by Gasteiger charge is -1.97. The monoisotopic (exact) mass is 164 g/mol. The highest BCUT2D eigenvalue weighted by Crippen LogP contribution is 2.12. The average molecular weight is 164 g/mol. The molecule has 1 aromatic rings. The van der Waals surface area contributed by atoms with Crippen molar-refractivity contribution in [2.24, 2.45) is 5.11 Å². The molecule has 0 saturated carbocycles. The minimum Gasteiger partial charge on any atom is -0.241 e. The molecule has 5 nitrogen and oxygen atoms in total. The van der Waals surface area contributed by atoms with Crippen LogP contribution in [0, 0.1) is 12.5 Å². The van der Waals surface area contributed by atoms with E-state index in [9.17, 15) is 0 Å². The van der Waals surface area contributed by atoms with Crippen LogP contribution < -0.4 is 4.91 Å². The molecule has 12 heavy (non-hydrogen) atoms. The first kappa shape index (κ1) is 8.49. The van der Waals surface area contributed by atoms with E-state index in [1.807, 2.05) is 13.8 Å². The summed E-state index contributed by atoms with van der Waals surface area (Å²) in [6, 6.07) is -0.136. The summed E-state index contributed by atoms with van der Waals surface area (Å²) in [4.78, 5) is 11.0. The molecule has 0 aliphatic rings. The van der Waals surface area contributed by atoms with Crippen molar-refractivity contribution in [3.63, 3.8) is 0 Å². The van der Waals surface area contributed by atoms with Crippen LogP contribution in [0.1, 0.15) is 24.4 Å². The van der Waals surface area contributed by atoms with Gasteiger partial charge in [0.2, 0.25) is 4.91 Å². The van der Waals surface area contributed by atoms with Crippen molar-refractivity contribution >= 4 is 0 Å². The summed E-state index contributed by atoms with van der Waals surface area (Å²) in [5, 5.41) is 3.64. The molecule has 0 aliphatic carbocycles. The van der Waals surface area contributed by atoms with Crippen molar-refractivity contribution in [3.05, 3.63) is 23.8 Å². The number of rotatable bonds is 2. The number of aryl methyl sites for hydroxylation is 1. The van der Waals surface area contributed by atoms with Gasteiger partial charge in [0.1, 0.15) is 16.5 Å². The highest BCUT2D eigenvalue weighted by Gasteiger charge is 2.08. The molecule has 0 radical (unpaired) electrons. The molecule has 0 saturated heterocycles. The van der Waals surface area contributed by atoms with Gasteiger partial charge in [0.25, 0.3) is 0 Å². The highest BCUT2D eigenvalue weighted by atomic mass is 15.1. The first-order valence-electron chi connectivity index (χ1n) is 3.59. The van der Waals surface area contributed by atoms with Gasteiger partial charge in [-0.3, -0.25) is 0 Å². The van der Waals surface area contributed by atoms with E-state index in [1.165, 1.54) is 0 Å². The molecule has 1 rings (SSSR count). The van der Waals surface area contributed by atoms with Crippen LogP contribution in [0.15, 0.2) is 17.5 Å². The second kappa shape index (κ2) is 3.69. The summed E-state index contributed by atoms with van der Waals surface area (Å²) in [5.41, 5.74) is 7.41. The fourth-order valence-corrected chi connectivity index (χ4v) is 0.772. The maximum absolute atomic E-state index is 6.54. The molecule has 0 amide bonds. The van der Waals surface area contributed by atoms with E-state index in [-0.39, 0.29) is 6.04 Å². The topological polar surface area (TPSA) is 76.1 Å². The minimum atomic E-state index is -0.136. The van der Waals surface area contributed by atoms with E-state index in [0.717, 1.165) is 11.4 Å². The highest BCUT2D eigenvalue weighted by molar-refractivity contribution is 5.09. The van der Waals surface area contributed by atoms with Crippen LogP contribution in [0.25, 0.3) is 0 Å². The Bertz CT molecular complexity index is 298. The van der Waals surface area contributed by atoms with Crippen molar-refractivity contribution < 1.29 is 0 Å². The van der Waals surface area contributed by atoms with Gasteiger partial charge in [0.15, 0.2) is 6.04 Å². The molecular formula is C7H10N5+. The van der Waals surface area contributed by atoms with Gasteiger partial charge in [-0.15, -0.1) is 0 Å². The molecule has 0 aromatic carbocycles. The lowest BCUT2D eigenvalue weighted by atomic mass is 10.2. The third-order valence-corrected chi connectivity index (χ3v) is 1.51. The third kappa shape index (κ3) is 1.93. The molecule has 1 atom stereocenters. The van der Waals surface area contributed by atoms with Crippen molar-refractivity contribution in [1.82, 2.24) is 14.9 Å². The van der Waals surface area contributed by atoms with Gasteiger partial charge in [-0.05, 0) is 13.8 Å². The zero-order valence-corrected chi connectivity index (χ0v) is 7.02. The van der Waals surface area contributed by atoms with E-state index >= 15 is 0 Å². The van der Waals surface area contributed by atoms with Gasteiger partial charge in [-0.2, -0.15) is 0 Å². The molecule has 1 aromatic heterocycles. The van der Waals surface area contributed by atoms with Gasteiger partial charge >= 0.3 is 0 Å². The quantitative estimate of drug-likeness (QED) is 0.529. The second-order valence-corrected chi connectivity index (χ2v) is 2.46. The van der Waals surface area contributed by atoms with Crippen LogP contribution in [-0.4, -0.2) is 9.97 Å². The zero-order valence-electron chi connectivity index (χ0n) is 7.02. The Hall–Kier alpha value is -1.61. The Kier molecular flexibility index (Phi) is 2.61. The molecule has 62 valence electrons. The molecule has 1 N–H and O–H groups in total. The third-order valence-electron chi connectivity index (χ3n) is 1.51. The van der Waals surface area contributed by atoms with Crippen molar-refractivity contribution in [2.45, 2.75) is 19.9 Å². The minimum absolute atomic E-state index is 0.136. The fourth-order valence-electron chi connectivity index (χ4n) is 0.772. The molecule has 5 heteroatoms. The zero-order chi connectivity index (χ0) is 8.97. The van der Waals surface area contributed by atoms with Crippen LogP contribution >= 0.6 is 0 Å². The van der Waals surface area contributed by atoms with Crippen LogP contribution in [0.5, 0.6) is 0 Å². The second-order valence-electron chi connectivity index (χ2n) is 2.46. The number of nitrogens with zero attached hydrogens (tertiary/aromatic N) is 4. The Morgan fingerprint density at radius 1 is 1.50 bits per heavy atom. The standard InChI is InChI=1S/C7H10N5/c1-5(11-12-8)7-3-9-6(2)10-4-7/h3-5,8H,1-2H3/q+1. The number of hydrogen-bond acceptors (Lipinski definition) is 4. The maximum atomic E-state index is 6.54. The first-order valence-corrected chi connectivity index (χ1v) is 3.59. The van der Waals surface area contributed by atoms with Gasteiger partial charge in [0.05, 0.1) is 0 Å². The van der Waals surface area contributed by atoms with E-state index in [4.69, 9.17) is 5.53 Å². The maximum Gasteiger partial charge on any atom is 0.214 e. The Labute approximate surface area is 70.1 Å². The summed E-state index contributed by atoms with van der Waals surface area (Å²) in [5.74, 6) is 0.730. The van der Waals surface area contributed by atoms with Gasteiger partial charge in [-0.1, -0.05) is 0 Å². The van der Waals surface area contributed by atoms with E-state index < -0.39 is 0 Å². The van der Waals surface area contributed by atoms with Gasteiger partial charge < -0.3 is 0 Å². The van der Waals surface area contributed by atoms with Gasteiger partial charge in [-0.25, -0.2) is 9.97 Å². The largest absolute Gasteiger partial charge is 0.241 e. The Morgan fingerprint density at radius 2 is 2.08 bits per heavy atom. The molecule has 0 fully saturated rings. The predicted molar refractivity (Wildman–Crippen MR) is 42.5 cm³/mol. The molecule has 0 aliphatic heterocycles. The molecule has 1 unspecified atom stereocenters. The predicted octanol–water partition coefficient (Wildman–Crippen LogP) is 1.40. The summed E-state index contributed by atoms with van der Waals surface area (Å²) in [7, 11) is 0. The molecule has 1 heterocycles. The van der Waals surface area contributed by atoms with E-state index in [0.29, 0.717) is 0 Å². The average Bonchev–Trinajstić information content (AvgIpc) is 2.06. The molecule has 0 bridgehead atoms. The fraction of sp³-hybridized carbons (Fsp3) is 0.429. The summed E-state index contributed by atoms with van der Waals surface area (Å²) in [6.45, 7) is 3.66. The van der Waals surface area contributed by atoms with Crippen molar-refractivity contribution in [2.75, 3.05) is 0 Å². The van der Waals surface area contributed by atoms with E-state index in [1.54, 1.807) is 12.4 Å². The lowest BCUT2D eigenvalue weighted by molar-refractivity contribution is 0.710. The van der Waals surface area contributed by atoms with Gasteiger partial charge in [0, 0.05) is 18.0 Å². The number of aromatic nitrogens is 2. The Morgan fingerprint density at radius 3 is 2.58 bits per heavy atom. The van der Waals surface area contributed by atoms with Crippen molar-refractivity contribution in [1.29, 1.82) is 5.53 Å². The van der Waals surface area contributed by atoms with Crippen molar-refractivity contribution in [3.8, 4) is 0 Å². The molecular weight excluding hydrogens is 154 g/mol. The van der Waals surface area contributed by atoms with Crippen LogP contribution in [0.4, 0.5) is 0 Å². The SMILES string of the molecule is Cc1ncc(C(C)N=[N+]=N)cn1. The first-order chi connectivity index (χ1) is 5.74. The normalized spacial score (nSPS) is 11.8. The number of nitrogens with one attached hydrogen (secondary N) is 1. The summed E-state index contributed by atoms with van der Waals surface area (Å²) in [6.07, 6.45) is 3.39. The Balaban J connectivity index is 2.89. The smallest absolute Gasteiger partial charge is 0.214 e.